The molecule has 2 heterocycles. The van der Waals surface area contributed by atoms with E-state index in [1.165, 1.54) is 5.56 Å². The molecule has 0 atom stereocenters. The van der Waals surface area contributed by atoms with Crippen LogP contribution in [0.4, 0.5) is 5.69 Å². The number of nitrogens with one attached hydrogen (secondary N) is 1. The Morgan fingerprint density at radius 1 is 0.974 bits per heavy atom. The lowest BCUT2D eigenvalue weighted by Gasteiger charge is -2.11. The second-order valence-corrected chi connectivity index (χ2v) is 10.3. The fraction of sp³-hybridized carbons (Fsp3) is 0.241. The molecule has 0 fully saturated rings. The number of nitrogens with zero attached hydrogens (tertiary/aromatic N) is 4. The molecule has 5 aromatic rings. The quantitative estimate of drug-likeness (QED) is 0.228. The number of carbonyl (C=O) groups excluding carboxylic acids is 1. The maximum Gasteiger partial charge on any atom is 0.233 e. The van der Waals surface area contributed by atoms with Gasteiger partial charge >= 0.3 is 0 Å². The van der Waals surface area contributed by atoms with E-state index in [9.17, 15) is 4.79 Å². The standard InChI is InChI=1S/C29H29N5O3S/c1-34(2)15-6-16-36-23-12-10-22(11-13-23)30-26(35)18-27-32-33-28(37-27)19-29-31-24-14-9-21(17-25(24)38-29)20-7-4-3-5-8-20/h3-5,7-14,17H,6,15-16,18-19H2,1-2H3,(H,30,35). The van der Waals surface area contributed by atoms with Crippen molar-refractivity contribution in [3.63, 3.8) is 0 Å². The van der Waals surface area contributed by atoms with E-state index in [4.69, 9.17) is 14.1 Å². The maximum absolute atomic E-state index is 12.5. The molecule has 0 saturated carbocycles. The molecule has 5 rings (SSSR count). The summed E-state index contributed by atoms with van der Waals surface area (Å²) < 4.78 is 12.6. The fourth-order valence-corrected chi connectivity index (χ4v) is 4.96. The Balaban J connectivity index is 1.14. The van der Waals surface area contributed by atoms with E-state index in [-0.39, 0.29) is 18.2 Å². The van der Waals surface area contributed by atoms with Gasteiger partial charge in [0.15, 0.2) is 0 Å². The summed E-state index contributed by atoms with van der Waals surface area (Å²) in [5, 5.41) is 11.9. The number of anilines is 1. The molecular weight excluding hydrogens is 498 g/mol. The molecule has 38 heavy (non-hydrogen) atoms. The van der Waals surface area contributed by atoms with Gasteiger partial charge in [-0.3, -0.25) is 4.79 Å². The van der Waals surface area contributed by atoms with Crippen molar-refractivity contribution in [1.29, 1.82) is 0 Å². The fourth-order valence-electron chi connectivity index (χ4n) is 3.97. The van der Waals surface area contributed by atoms with Gasteiger partial charge < -0.3 is 19.4 Å². The van der Waals surface area contributed by atoms with E-state index >= 15 is 0 Å². The van der Waals surface area contributed by atoms with Gasteiger partial charge in [-0.1, -0.05) is 36.4 Å². The topological polar surface area (TPSA) is 93.4 Å². The summed E-state index contributed by atoms with van der Waals surface area (Å²) in [6, 6.07) is 23.8. The molecular formula is C29H29N5O3S. The van der Waals surface area contributed by atoms with Crippen LogP contribution in [0.25, 0.3) is 21.3 Å². The number of hydrogen-bond acceptors (Lipinski definition) is 8. The van der Waals surface area contributed by atoms with E-state index in [1.54, 1.807) is 11.3 Å². The predicted octanol–water partition coefficient (Wildman–Crippen LogP) is 5.45. The summed E-state index contributed by atoms with van der Waals surface area (Å²) in [7, 11) is 4.08. The SMILES string of the molecule is CN(C)CCCOc1ccc(NC(=O)Cc2nnc(Cc3nc4ccc(-c5ccccc5)cc4s3)o2)cc1. The number of hydrogen-bond donors (Lipinski definition) is 1. The summed E-state index contributed by atoms with van der Waals surface area (Å²) in [5.41, 5.74) is 3.94. The molecule has 1 N–H and O–H groups in total. The van der Waals surface area contributed by atoms with Gasteiger partial charge in [0.05, 0.1) is 23.2 Å². The Hall–Kier alpha value is -4.08. The van der Waals surface area contributed by atoms with Crippen molar-refractivity contribution in [3.8, 4) is 16.9 Å². The summed E-state index contributed by atoms with van der Waals surface area (Å²) in [4.78, 5) is 19.3. The zero-order valence-electron chi connectivity index (χ0n) is 21.4. The average Bonchev–Trinajstić information content (AvgIpc) is 3.53. The van der Waals surface area contributed by atoms with Crippen LogP contribution in [-0.4, -0.2) is 53.2 Å². The highest BCUT2D eigenvalue weighted by Gasteiger charge is 2.14. The summed E-state index contributed by atoms with van der Waals surface area (Å²) in [5.74, 6) is 1.25. The smallest absolute Gasteiger partial charge is 0.233 e. The minimum Gasteiger partial charge on any atom is -0.494 e. The maximum atomic E-state index is 12.5. The van der Waals surface area contributed by atoms with Gasteiger partial charge in [-0.2, -0.15) is 0 Å². The highest BCUT2D eigenvalue weighted by molar-refractivity contribution is 7.18. The van der Waals surface area contributed by atoms with E-state index < -0.39 is 0 Å². The average molecular weight is 528 g/mol. The van der Waals surface area contributed by atoms with Gasteiger partial charge in [-0.15, -0.1) is 21.5 Å². The van der Waals surface area contributed by atoms with Gasteiger partial charge in [0.25, 0.3) is 0 Å². The van der Waals surface area contributed by atoms with E-state index in [1.807, 2.05) is 62.6 Å². The first kappa shape index (κ1) is 25.6. The zero-order valence-corrected chi connectivity index (χ0v) is 22.2. The van der Waals surface area contributed by atoms with Crippen molar-refractivity contribution in [2.45, 2.75) is 19.3 Å². The van der Waals surface area contributed by atoms with Crippen molar-refractivity contribution in [2.75, 3.05) is 32.6 Å². The molecule has 1 amide bonds. The van der Waals surface area contributed by atoms with Crippen molar-refractivity contribution >= 4 is 33.1 Å². The highest BCUT2D eigenvalue weighted by Crippen LogP contribution is 2.29. The van der Waals surface area contributed by atoms with Crippen molar-refractivity contribution in [3.05, 3.63) is 89.6 Å². The minimum absolute atomic E-state index is 0.00390. The number of carbonyl (C=O) groups is 1. The molecule has 0 saturated heterocycles. The lowest BCUT2D eigenvalue weighted by molar-refractivity contribution is -0.115. The number of benzene rings is 3. The Bertz CT molecular complexity index is 1500. The van der Waals surface area contributed by atoms with Crippen molar-refractivity contribution in [2.24, 2.45) is 0 Å². The van der Waals surface area contributed by atoms with Crippen LogP contribution in [-0.2, 0) is 17.6 Å². The van der Waals surface area contributed by atoms with Gasteiger partial charge in [-0.05, 0) is 68.0 Å². The van der Waals surface area contributed by atoms with Crippen LogP contribution < -0.4 is 10.1 Å². The van der Waals surface area contributed by atoms with Crippen molar-refractivity contribution in [1.82, 2.24) is 20.1 Å². The lowest BCUT2D eigenvalue weighted by Crippen LogP contribution is -2.15. The number of ether oxygens (including phenoxy) is 1. The van der Waals surface area contributed by atoms with Crippen LogP contribution in [0, 0.1) is 0 Å². The number of thiazole rings is 1. The number of amides is 1. The van der Waals surface area contributed by atoms with Gasteiger partial charge in [0, 0.05) is 12.2 Å². The molecule has 0 aliphatic carbocycles. The first-order valence-corrected chi connectivity index (χ1v) is 13.3. The molecule has 0 radical (unpaired) electrons. The Morgan fingerprint density at radius 3 is 2.55 bits per heavy atom. The predicted molar refractivity (Wildman–Crippen MR) is 150 cm³/mol. The van der Waals surface area contributed by atoms with Crippen LogP contribution in [0.5, 0.6) is 5.75 Å². The number of rotatable bonds is 11. The third kappa shape index (κ3) is 6.81. The van der Waals surface area contributed by atoms with Crippen LogP contribution in [0.3, 0.4) is 0 Å². The van der Waals surface area contributed by atoms with Crippen molar-refractivity contribution < 1.29 is 13.9 Å². The molecule has 0 bridgehead atoms. The highest BCUT2D eigenvalue weighted by atomic mass is 32.1. The molecule has 0 spiro atoms. The minimum atomic E-state index is -0.228. The molecule has 0 aliphatic rings. The second kappa shape index (κ2) is 12.0. The molecule has 3 aromatic carbocycles. The summed E-state index contributed by atoms with van der Waals surface area (Å²) >= 11 is 1.60. The third-order valence-electron chi connectivity index (χ3n) is 5.82. The van der Waals surface area contributed by atoms with E-state index in [0.29, 0.717) is 24.6 Å². The summed E-state index contributed by atoms with van der Waals surface area (Å²) in [6.07, 6.45) is 1.37. The molecule has 2 aromatic heterocycles. The Labute approximate surface area is 225 Å². The Kier molecular flexibility index (Phi) is 8.06. The first-order chi connectivity index (χ1) is 18.5. The monoisotopic (exact) mass is 527 g/mol. The van der Waals surface area contributed by atoms with Gasteiger partial charge in [0.2, 0.25) is 17.7 Å². The van der Waals surface area contributed by atoms with Gasteiger partial charge in [0.1, 0.15) is 17.2 Å². The molecule has 8 nitrogen and oxygen atoms in total. The van der Waals surface area contributed by atoms with Crippen LogP contribution >= 0.6 is 11.3 Å². The van der Waals surface area contributed by atoms with Gasteiger partial charge in [-0.25, -0.2) is 4.98 Å². The first-order valence-electron chi connectivity index (χ1n) is 12.5. The molecule has 9 heteroatoms. The van der Waals surface area contributed by atoms with Crippen LogP contribution in [0.2, 0.25) is 0 Å². The number of fused-ring (bicyclic) bond motifs is 1. The van der Waals surface area contributed by atoms with E-state index in [0.717, 1.165) is 39.5 Å². The molecule has 0 aliphatic heterocycles. The van der Waals surface area contributed by atoms with E-state index in [2.05, 4.69) is 44.7 Å². The van der Waals surface area contributed by atoms with Crippen LogP contribution in [0.1, 0.15) is 23.2 Å². The molecule has 0 unspecified atom stereocenters. The largest absolute Gasteiger partial charge is 0.494 e. The lowest BCUT2D eigenvalue weighted by atomic mass is 10.1. The second-order valence-electron chi connectivity index (χ2n) is 9.18. The third-order valence-corrected chi connectivity index (χ3v) is 6.84. The zero-order chi connectivity index (χ0) is 26.3. The molecule has 194 valence electrons. The number of aromatic nitrogens is 3. The Morgan fingerprint density at radius 2 is 1.76 bits per heavy atom. The summed E-state index contributed by atoms with van der Waals surface area (Å²) in [6.45, 7) is 1.62. The van der Waals surface area contributed by atoms with Crippen LogP contribution in [0.15, 0.2) is 77.2 Å². The normalized spacial score (nSPS) is 11.2.